The Balaban J connectivity index is 1.54. The highest BCUT2D eigenvalue weighted by Crippen LogP contribution is 2.32. The third kappa shape index (κ3) is 6.13. The van der Waals surface area contributed by atoms with Gasteiger partial charge in [0.05, 0.1) is 26.3 Å². The van der Waals surface area contributed by atoms with E-state index in [1.807, 2.05) is 81.4 Å². The number of thiazole rings is 1. The predicted octanol–water partition coefficient (Wildman–Crippen LogP) is 6.75. The number of nitrogens with zero attached hydrogens (tertiary/aromatic N) is 3. The number of rotatable bonds is 8. The van der Waals surface area contributed by atoms with Crippen LogP contribution in [-0.2, 0) is 11.4 Å². The molecule has 42 heavy (non-hydrogen) atoms. The number of hydrogen-bond donors (Lipinski definition) is 0. The van der Waals surface area contributed by atoms with Gasteiger partial charge in [-0.15, -0.1) is 0 Å². The van der Waals surface area contributed by atoms with Crippen LogP contribution >= 0.6 is 50.5 Å². The van der Waals surface area contributed by atoms with Gasteiger partial charge in [-0.3, -0.25) is 14.2 Å². The number of carbonyl (C=O) groups is 1. The Labute approximate surface area is 266 Å². The van der Waals surface area contributed by atoms with Gasteiger partial charge in [-0.05, 0) is 84.2 Å². The van der Waals surface area contributed by atoms with Crippen LogP contribution in [0.5, 0.6) is 5.75 Å². The van der Waals surface area contributed by atoms with Gasteiger partial charge in [0.15, 0.2) is 4.80 Å². The monoisotopic (exact) mass is 683 g/mol. The Morgan fingerprint density at radius 1 is 1.10 bits per heavy atom. The highest BCUT2D eigenvalue weighted by molar-refractivity contribution is 9.10. The van der Waals surface area contributed by atoms with Crippen molar-refractivity contribution >= 4 is 62.5 Å². The zero-order valence-electron chi connectivity index (χ0n) is 23.2. The topological polar surface area (TPSA) is 63.9 Å². The first-order chi connectivity index (χ1) is 20.2. The fraction of sp³-hybridized carbons (Fsp3) is 0.219. The van der Waals surface area contributed by atoms with Gasteiger partial charge < -0.3 is 9.64 Å². The van der Waals surface area contributed by atoms with Gasteiger partial charge in [0.25, 0.3) is 11.5 Å². The Morgan fingerprint density at radius 3 is 2.48 bits per heavy atom. The van der Waals surface area contributed by atoms with E-state index >= 15 is 0 Å². The lowest BCUT2D eigenvalue weighted by Crippen LogP contribution is -2.43. The number of likely N-dealkylation sites (N-methyl/N-ethyl adjacent to an activating group) is 1. The number of benzene rings is 3. The smallest absolute Gasteiger partial charge is 0.271 e. The number of carbonyl (C=O) groups excluding carboxylic acids is 1. The zero-order chi connectivity index (χ0) is 30.0. The summed E-state index contributed by atoms with van der Waals surface area (Å²) in [7, 11) is 0. The standard InChI is InChI=1S/C32H28BrCl2N3O3S/c1-4-37(5-2)31(40)28-19(3)36-32-38(29(28)21-11-13-23(34)14-12-21)30(39)27(42-32)17-20-10-15-26(24(33)16-20)41-18-22-8-6-7-9-25(22)35/h6-17,29H,4-5,18H2,1-3H3/b27-17+/t29-/m0/s1. The molecule has 0 N–H and O–H groups in total. The van der Waals surface area contributed by atoms with E-state index in [0.29, 0.717) is 56.1 Å². The lowest BCUT2D eigenvalue weighted by molar-refractivity contribution is -0.127. The third-order valence-corrected chi connectivity index (χ3v) is 9.31. The molecule has 0 radical (unpaired) electrons. The molecule has 2 heterocycles. The largest absolute Gasteiger partial charge is 0.488 e. The molecule has 0 saturated carbocycles. The summed E-state index contributed by atoms with van der Waals surface area (Å²) in [6.45, 7) is 7.14. The summed E-state index contributed by atoms with van der Waals surface area (Å²) < 4.78 is 8.86. The lowest BCUT2D eigenvalue weighted by atomic mass is 9.94. The lowest BCUT2D eigenvalue weighted by Gasteiger charge is -2.29. The van der Waals surface area contributed by atoms with Crippen LogP contribution in [0, 0.1) is 0 Å². The molecule has 0 bridgehead atoms. The summed E-state index contributed by atoms with van der Waals surface area (Å²) in [6, 6.07) is 19.8. The first-order valence-electron chi connectivity index (χ1n) is 13.4. The van der Waals surface area contributed by atoms with Gasteiger partial charge in [0.1, 0.15) is 12.4 Å². The second kappa shape index (κ2) is 13.0. The van der Waals surface area contributed by atoms with Crippen molar-refractivity contribution in [3.05, 3.63) is 129 Å². The summed E-state index contributed by atoms with van der Waals surface area (Å²) in [5, 5.41) is 1.23. The van der Waals surface area contributed by atoms with Crippen molar-refractivity contribution in [2.75, 3.05) is 13.1 Å². The molecule has 0 aliphatic carbocycles. The molecule has 0 spiro atoms. The molecule has 4 aromatic rings. The number of aromatic nitrogens is 1. The summed E-state index contributed by atoms with van der Waals surface area (Å²) in [4.78, 5) is 34.7. The zero-order valence-corrected chi connectivity index (χ0v) is 27.1. The molecule has 1 aliphatic rings. The molecular weight excluding hydrogens is 657 g/mol. The van der Waals surface area contributed by atoms with Crippen molar-refractivity contribution in [1.29, 1.82) is 0 Å². The van der Waals surface area contributed by atoms with Gasteiger partial charge in [0, 0.05) is 28.7 Å². The van der Waals surface area contributed by atoms with Gasteiger partial charge in [-0.1, -0.05) is 70.9 Å². The highest BCUT2D eigenvalue weighted by atomic mass is 79.9. The molecule has 3 aromatic carbocycles. The number of amides is 1. The van der Waals surface area contributed by atoms with E-state index in [-0.39, 0.29) is 11.5 Å². The first-order valence-corrected chi connectivity index (χ1v) is 15.8. The maximum Gasteiger partial charge on any atom is 0.271 e. The molecule has 0 unspecified atom stereocenters. The predicted molar refractivity (Wildman–Crippen MR) is 173 cm³/mol. The molecule has 1 aliphatic heterocycles. The summed E-state index contributed by atoms with van der Waals surface area (Å²) in [6.07, 6.45) is 1.83. The first kappa shape index (κ1) is 30.3. The number of allylic oxidation sites excluding steroid dienone is 1. The van der Waals surface area contributed by atoms with Crippen LogP contribution < -0.4 is 19.6 Å². The van der Waals surface area contributed by atoms with Crippen LogP contribution in [0.25, 0.3) is 6.08 Å². The van der Waals surface area contributed by atoms with Crippen molar-refractivity contribution in [3.63, 3.8) is 0 Å². The maximum absolute atomic E-state index is 14.0. The number of halogens is 3. The van der Waals surface area contributed by atoms with Crippen LogP contribution in [0.2, 0.25) is 10.0 Å². The maximum atomic E-state index is 14.0. The number of fused-ring (bicyclic) bond motifs is 1. The second-order valence-corrected chi connectivity index (χ2v) is 12.4. The van der Waals surface area contributed by atoms with Crippen molar-refractivity contribution < 1.29 is 9.53 Å². The molecule has 0 saturated heterocycles. The van der Waals surface area contributed by atoms with E-state index in [9.17, 15) is 9.59 Å². The average Bonchev–Trinajstić information content (AvgIpc) is 3.27. The SMILES string of the molecule is CCN(CC)C(=O)C1=C(C)N=c2s/c(=C/c3ccc(OCc4ccccc4Cl)c(Br)c3)c(=O)n2[C@H]1c1ccc(Cl)cc1. The third-order valence-electron chi connectivity index (χ3n) is 7.08. The quantitative estimate of drug-likeness (QED) is 0.206. The Morgan fingerprint density at radius 2 is 1.81 bits per heavy atom. The van der Waals surface area contributed by atoms with Crippen molar-refractivity contribution in [2.24, 2.45) is 4.99 Å². The number of ether oxygens (including phenoxy) is 1. The van der Waals surface area contributed by atoms with Crippen LogP contribution in [0.15, 0.2) is 92.3 Å². The Kier molecular flexibility index (Phi) is 9.38. The van der Waals surface area contributed by atoms with Crippen molar-refractivity contribution in [1.82, 2.24) is 9.47 Å². The van der Waals surface area contributed by atoms with Gasteiger partial charge in [-0.25, -0.2) is 4.99 Å². The molecule has 216 valence electrons. The molecular formula is C32H28BrCl2N3O3S. The molecule has 1 aromatic heterocycles. The summed E-state index contributed by atoms with van der Waals surface area (Å²) in [5.74, 6) is 0.526. The van der Waals surface area contributed by atoms with Crippen LogP contribution in [0.3, 0.4) is 0 Å². The molecule has 0 fully saturated rings. The normalized spacial score (nSPS) is 14.9. The molecule has 5 rings (SSSR count). The van der Waals surface area contributed by atoms with E-state index < -0.39 is 6.04 Å². The van der Waals surface area contributed by atoms with E-state index in [1.165, 1.54) is 11.3 Å². The molecule has 10 heteroatoms. The van der Waals surface area contributed by atoms with E-state index in [1.54, 1.807) is 21.6 Å². The van der Waals surface area contributed by atoms with E-state index in [2.05, 4.69) is 15.9 Å². The van der Waals surface area contributed by atoms with Crippen LogP contribution in [-0.4, -0.2) is 28.5 Å². The average molecular weight is 685 g/mol. The fourth-order valence-corrected chi connectivity index (χ4v) is 6.76. The van der Waals surface area contributed by atoms with Crippen LogP contribution in [0.4, 0.5) is 0 Å². The van der Waals surface area contributed by atoms with Crippen molar-refractivity contribution in [2.45, 2.75) is 33.4 Å². The van der Waals surface area contributed by atoms with Gasteiger partial charge >= 0.3 is 0 Å². The highest BCUT2D eigenvalue weighted by Gasteiger charge is 2.34. The minimum Gasteiger partial charge on any atom is -0.488 e. The van der Waals surface area contributed by atoms with E-state index in [0.717, 1.165) is 21.2 Å². The van der Waals surface area contributed by atoms with Crippen LogP contribution in [0.1, 0.15) is 43.5 Å². The minimum absolute atomic E-state index is 0.133. The Bertz CT molecular complexity index is 1860. The van der Waals surface area contributed by atoms with Crippen molar-refractivity contribution in [3.8, 4) is 5.75 Å². The molecule has 1 amide bonds. The molecule has 6 nitrogen and oxygen atoms in total. The van der Waals surface area contributed by atoms with Gasteiger partial charge in [-0.2, -0.15) is 0 Å². The second-order valence-electron chi connectivity index (χ2n) is 9.68. The summed E-state index contributed by atoms with van der Waals surface area (Å²) in [5.41, 5.74) is 3.37. The summed E-state index contributed by atoms with van der Waals surface area (Å²) >= 11 is 17.3. The molecule has 1 atom stereocenters. The van der Waals surface area contributed by atoms with Gasteiger partial charge in [0.2, 0.25) is 0 Å². The minimum atomic E-state index is -0.624. The Hall–Kier alpha value is -3.17. The van der Waals surface area contributed by atoms with E-state index in [4.69, 9.17) is 32.9 Å². The fourth-order valence-electron chi connectivity index (χ4n) is 4.88. The number of hydrogen-bond acceptors (Lipinski definition) is 5.